The third kappa shape index (κ3) is 6.46. The Morgan fingerprint density at radius 3 is 2.28 bits per heavy atom. The van der Waals surface area contributed by atoms with Gasteiger partial charge in [-0.1, -0.05) is 99.3 Å². The van der Waals surface area contributed by atoms with Crippen LogP contribution in [0.3, 0.4) is 0 Å². The normalized spacial score (nSPS) is 14.5. The molecule has 8 heteroatoms. The average Bonchev–Trinajstić information content (AvgIpc) is 2.96. The molecule has 0 saturated carbocycles. The lowest BCUT2D eigenvalue weighted by Gasteiger charge is -2.27. The van der Waals surface area contributed by atoms with Gasteiger partial charge in [0.25, 0.3) is 5.56 Å². The number of carbonyl (C=O) groups excluding carboxylic acids is 3. The maximum absolute atomic E-state index is 14.1. The van der Waals surface area contributed by atoms with Crippen LogP contribution in [0.15, 0.2) is 95.5 Å². The smallest absolute Gasteiger partial charge is 0.277 e. The summed E-state index contributed by atoms with van der Waals surface area (Å²) in [4.78, 5) is 56.0. The monoisotopic (exact) mass is 524 g/mol. The number of rotatable bonds is 11. The van der Waals surface area contributed by atoms with E-state index in [1.165, 1.54) is 22.9 Å². The molecule has 200 valence electrons. The van der Waals surface area contributed by atoms with E-state index in [4.69, 9.17) is 5.73 Å². The Hall–Kier alpha value is -4.59. The molecule has 1 amide bonds. The summed E-state index contributed by atoms with van der Waals surface area (Å²) < 4.78 is 1.38. The molecule has 2 aromatic carbocycles. The third-order valence-electron chi connectivity index (χ3n) is 6.72. The van der Waals surface area contributed by atoms with Crippen LogP contribution in [0.4, 0.5) is 5.69 Å². The molecule has 1 aromatic heterocycles. The van der Waals surface area contributed by atoms with Crippen molar-refractivity contribution in [1.29, 1.82) is 0 Å². The highest BCUT2D eigenvalue weighted by atomic mass is 16.2. The molecular formula is C31H32N4O4. The maximum atomic E-state index is 14.1. The van der Waals surface area contributed by atoms with Gasteiger partial charge in [0.1, 0.15) is 17.6 Å². The highest BCUT2D eigenvalue weighted by Gasteiger charge is 2.30. The molecule has 0 aliphatic heterocycles. The zero-order valence-corrected chi connectivity index (χ0v) is 21.9. The number of carbonyl (C=O) groups is 3. The van der Waals surface area contributed by atoms with Gasteiger partial charge in [0.05, 0.1) is 12.2 Å². The molecule has 0 saturated heterocycles. The van der Waals surface area contributed by atoms with Gasteiger partial charge in [-0.3, -0.25) is 23.7 Å². The first kappa shape index (κ1) is 27.4. The van der Waals surface area contributed by atoms with Crippen LogP contribution in [0, 0.1) is 0 Å². The van der Waals surface area contributed by atoms with Crippen molar-refractivity contribution < 1.29 is 14.4 Å². The molecule has 3 N–H and O–H groups in total. The summed E-state index contributed by atoms with van der Waals surface area (Å²) in [6.07, 6.45) is 9.36. The predicted octanol–water partition coefficient (Wildman–Crippen LogP) is 4.50. The Morgan fingerprint density at radius 2 is 1.62 bits per heavy atom. The Balaban J connectivity index is 1.78. The lowest BCUT2D eigenvalue weighted by atomic mass is 9.93. The molecule has 1 aliphatic rings. The van der Waals surface area contributed by atoms with Crippen LogP contribution < -0.4 is 16.6 Å². The van der Waals surface area contributed by atoms with E-state index < -0.39 is 35.1 Å². The van der Waals surface area contributed by atoms with Gasteiger partial charge in [-0.25, -0.2) is 4.98 Å². The van der Waals surface area contributed by atoms with Gasteiger partial charge >= 0.3 is 0 Å². The second kappa shape index (κ2) is 12.8. The molecule has 0 bridgehead atoms. The van der Waals surface area contributed by atoms with E-state index in [0.29, 0.717) is 29.8 Å². The van der Waals surface area contributed by atoms with Crippen molar-refractivity contribution in [2.24, 2.45) is 0 Å². The minimum absolute atomic E-state index is 0.0531. The first-order valence-corrected chi connectivity index (χ1v) is 13.2. The number of ketones is 2. The van der Waals surface area contributed by atoms with Crippen molar-refractivity contribution in [1.82, 2.24) is 14.9 Å². The van der Waals surface area contributed by atoms with E-state index in [1.54, 1.807) is 6.08 Å². The van der Waals surface area contributed by atoms with E-state index in [-0.39, 0.29) is 5.69 Å². The fraction of sp³-hybridized carbons (Fsp3) is 0.258. The number of hydrogen-bond donors (Lipinski definition) is 2. The summed E-state index contributed by atoms with van der Waals surface area (Å²) >= 11 is 0. The molecule has 0 spiro atoms. The molecule has 4 rings (SSSR count). The molecule has 3 aromatic rings. The standard InChI is InChI=1S/C31H32N4O4/c1-2-3-4-11-16-25(35-29(22-14-9-6-10-15-22)33-20-24(32)31(35)39)30(38)34-28(21-12-7-5-8-13-21)23-17-18-26(36)27(37)19-23/h5-10,12-15,17-20,25,28H,2-4,11,16,32H2,1H3,(H,34,38). The zero-order chi connectivity index (χ0) is 27.8. The number of unbranched alkanes of at least 4 members (excludes halogenated alkanes) is 3. The van der Waals surface area contributed by atoms with Gasteiger partial charge in [0.2, 0.25) is 17.5 Å². The van der Waals surface area contributed by atoms with Gasteiger partial charge < -0.3 is 11.1 Å². The number of amides is 1. The summed E-state index contributed by atoms with van der Waals surface area (Å²) in [6, 6.07) is 16.7. The van der Waals surface area contributed by atoms with Crippen LogP contribution in [-0.4, -0.2) is 27.0 Å². The summed E-state index contributed by atoms with van der Waals surface area (Å²) in [5, 5.41) is 3.05. The Bertz CT molecular complexity index is 1460. The lowest BCUT2D eigenvalue weighted by Crippen LogP contribution is -2.41. The van der Waals surface area contributed by atoms with Crippen molar-refractivity contribution in [3.05, 3.63) is 107 Å². The number of aromatic nitrogens is 2. The topological polar surface area (TPSA) is 124 Å². The van der Waals surface area contributed by atoms with Gasteiger partial charge in [-0.2, -0.15) is 0 Å². The van der Waals surface area contributed by atoms with Crippen molar-refractivity contribution in [2.45, 2.75) is 51.1 Å². The third-order valence-corrected chi connectivity index (χ3v) is 6.72. The maximum Gasteiger partial charge on any atom is 0.277 e. The number of allylic oxidation sites excluding steroid dienone is 2. The number of nitrogens with one attached hydrogen (secondary N) is 1. The molecule has 2 unspecified atom stereocenters. The minimum atomic E-state index is -0.905. The molecular weight excluding hydrogens is 492 g/mol. The molecule has 1 heterocycles. The lowest BCUT2D eigenvalue weighted by molar-refractivity contribution is -0.131. The van der Waals surface area contributed by atoms with Crippen LogP contribution in [-0.2, 0) is 14.4 Å². The highest BCUT2D eigenvalue weighted by Crippen LogP contribution is 2.28. The van der Waals surface area contributed by atoms with E-state index in [0.717, 1.165) is 24.8 Å². The summed E-state index contributed by atoms with van der Waals surface area (Å²) in [6.45, 7) is 2.10. The van der Waals surface area contributed by atoms with Crippen molar-refractivity contribution in [3.63, 3.8) is 0 Å². The van der Waals surface area contributed by atoms with Crippen LogP contribution >= 0.6 is 0 Å². The minimum Gasteiger partial charge on any atom is -0.393 e. The number of anilines is 1. The van der Waals surface area contributed by atoms with Gasteiger partial charge in [0, 0.05) is 5.56 Å². The second-order valence-electron chi connectivity index (χ2n) is 9.50. The first-order valence-electron chi connectivity index (χ1n) is 13.2. The Kier molecular flexibility index (Phi) is 8.99. The van der Waals surface area contributed by atoms with E-state index >= 15 is 0 Å². The van der Waals surface area contributed by atoms with Crippen LogP contribution in [0.1, 0.15) is 56.7 Å². The van der Waals surface area contributed by atoms with Crippen LogP contribution in [0.5, 0.6) is 0 Å². The van der Waals surface area contributed by atoms with Crippen LogP contribution in [0.2, 0.25) is 0 Å². The first-order chi connectivity index (χ1) is 18.9. The molecule has 0 radical (unpaired) electrons. The average molecular weight is 525 g/mol. The van der Waals surface area contributed by atoms with Crippen molar-refractivity contribution >= 4 is 23.2 Å². The molecule has 39 heavy (non-hydrogen) atoms. The fourth-order valence-electron chi connectivity index (χ4n) is 4.66. The number of nitrogen functional groups attached to an aromatic ring is 1. The summed E-state index contributed by atoms with van der Waals surface area (Å²) in [7, 11) is 0. The number of hydrogen-bond acceptors (Lipinski definition) is 6. The van der Waals surface area contributed by atoms with Crippen molar-refractivity contribution in [3.8, 4) is 11.4 Å². The number of nitrogens with two attached hydrogens (primary N) is 1. The summed E-state index contributed by atoms with van der Waals surface area (Å²) in [5.74, 6) is -1.33. The predicted molar refractivity (Wildman–Crippen MR) is 151 cm³/mol. The fourth-order valence-corrected chi connectivity index (χ4v) is 4.66. The largest absolute Gasteiger partial charge is 0.393 e. The van der Waals surface area contributed by atoms with Crippen molar-refractivity contribution in [2.75, 3.05) is 5.73 Å². The molecule has 2 atom stereocenters. The van der Waals surface area contributed by atoms with Gasteiger partial charge in [-0.05, 0) is 29.7 Å². The Morgan fingerprint density at radius 1 is 0.923 bits per heavy atom. The number of nitrogens with zero attached hydrogens (tertiary/aromatic N) is 2. The van der Waals surface area contributed by atoms with E-state index in [2.05, 4.69) is 17.2 Å². The molecule has 8 nitrogen and oxygen atoms in total. The quantitative estimate of drug-likeness (QED) is 0.216. The second-order valence-corrected chi connectivity index (χ2v) is 9.50. The van der Waals surface area contributed by atoms with Crippen LogP contribution in [0.25, 0.3) is 11.4 Å². The van der Waals surface area contributed by atoms with Gasteiger partial charge in [-0.15, -0.1) is 0 Å². The SMILES string of the molecule is CCCCCCC(C(=O)NC(C1=CC(=O)C(=O)C=C1)c1ccccc1)n1c(-c2ccccc2)ncc(N)c1=O. The van der Waals surface area contributed by atoms with Gasteiger partial charge in [0.15, 0.2) is 0 Å². The highest BCUT2D eigenvalue weighted by molar-refractivity contribution is 6.46. The zero-order valence-electron chi connectivity index (χ0n) is 21.9. The van der Waals surface area contributed by atoms with E-state index in [9.17, 15) is 19.2 Å². The number of benzene rings is 2. The van der Waals surface area contributed by atoms with E-state index in [1.807, 2.05) is 60.7 Å². The summed E-state index contributed by atoms with van der Waals surface area (Å²) in [5.41, 5.74) is 7.35. The Labute approximate surface area is 227 Å². The molecule has 1 aliphatic carbocycles. The molecule has 0 fully saturated rings.